The molecule has 0 aliphatic rings. The SMILES string of the molecule is COc1cccc(CC(CCc2cccnc2)NN)c1. The number of pyridine rings is 1. The van der Waals surface area contributed by atoms with Gasteiger partial charge in [0.15, 0.2) is 0 Å². The predicted molar refractivity (Wildman–Crippen MR) is 80.4 cm³/mol. The molecule has 1 atom stereocenters. The van der Waals surface area contributed by atoms with Gasteiger partial charge in [-0.2, -0.15) is 0 Å². The lowest BCUT2D eigenvalue weighted by Gasteiger charge is -2.16. The third kappa shape index (κ3) is 4.33. The fourth-order valence-corrected chi connectivity index (χ4v) is 2.22. The molecule has 2 aromatic rings. The van der Waals surface area contributed by atoms with Gasteiger partial charge in [-0.15, -0.1) is 0 Å². The number of methoxy groups -OCH3 is 1. The Balaban J connectivity index is 1.91. The van der Waals surface area contributed by atoms with E-state index < -0.39 is 0 Å². The van der Waals surface area contributed by atoms with Crippen LogP contribution >= 0.6 is 0 Å². The highest BCUT2D eigenvalue weighted by Gasteiger charge is 2.08. The fraction of sp³-hybridized carbons (Fsp3) is 0.312. The summed E-state index contributed by atoms with van der Waals surface area (Å²) in [7, 11) is 1.68. The van der Waals surface area contributed by atoms with E-state index in [2.05, 4.69) is 28.6 Å². The zero-order valence-corrected chi connectivity index (χ0v) is 11.8. The highest BCUT2D eigenvalue weighted by molar-refractivity contribution is 5.29. The van der Waals surface area contributed by atoms with Gasteiger partial charge in [-0.05, 0) is 48.6 Å². The molecule has 0 bridgehead atoms. The van der Waals surface area contributed by atoms with Crippen molar-refractivity contribution in [1.82, 2.24) is 10.4 Å². The second kappa shape index (κ2) is 7.62. The molecule has 0 amide bonds. The first kappa shape index (κ1) is 14.5. The van der Waals surface area contributed by atoms with E-state index in [4.69, 9.17) is 10.6 Å². The van der Waals surface area contributed by atoms with E-state index in [0.717, 1.165) is 25.0 Å². The third-order valence-corrected chi connectivity index (χ3v) is 3.36. The first-order chi connectivity index (χ1) is 9.81. The van der Waals surface area contributed by atoms with Gasteiger partial charge in [0.1, 0.15) is 5.75 Å². The lowest BCUT2D eigenvalue weighted by atomic mass is 10.00. The van der Waals surface area contributed by atoms with Crippen LogP contribution in [-0.4, -0.2) is 18.1 Å². The van der Waals surface area contributed by atoms with Crippen molar-refractivity contribution in [2.24, 2.45) is 5.84 Å². The molecule has 4 nitrogen and oxygen atoms in total. The zero-order valence-electron chi connectivity index (χ0n) is 11.8. The maximum atomic E-state index is 5.66. The molecule has 0 radical (unpaired) electrons. The number of rotatable bonds is 7. The third-order valence-electron chi connectivity index (χ3n) is 3.36. The van der Waals surface area contributed by atoms with E-state index in [1.54, 1.807) is 13.3 Å². The van der Waals surface area contributed by atoms with Crippen LogP contribution in [0.4, 0.5) is 0 Å². The van der Waals surface area contributed by atoms with Crippen molar-refractivity contribution in [3.63, 3.8) is 0 Å². The number of aromatic nitrogens is 1. The minimum absolute atomic E-state index is 0.238. The summed E-state index contributed by atoms with van der Waals surface area (Å²) in [5.74, 6) is 6.54. The van der Waals surface area contributed by atoms with Crippen molar-refractivity contribution < 1.29 is 4.74 Å². The van der Waals surface area contributed by atoms with Crippen molar-refractivity contribution >= 4 is 0 Å². The Labute approximate surface area is 120 Å². The number of hydrogen-bond acceptors (Lipinski definition) is 4. The Bertz CT molecular complexity index is 516. The molecule has 2 rings (SSSR count). The van der Waals surface area contributed by atoms with E-state index >= 15 is 0 Å². The smallest absolute Gasteiger partial charge is 0.119 e. The molecule has 0 fully saturated rings. The van der Waals surface area contributed by atoms with Crippen LogP contribution in [0, 0.1) is 0 Å². The highest BCUT2D eigenvalue weighted by atomic mass is 16.5. The van der Waals surface area contributed by atoms with Crippen molar-refractivity contribution in [2.75, 3.05) is 7.11 Å². The Morgan fingerprint density at radius 1 is 1.25 bits per heavy atom. The van der Waals surface area contributed by atoms with Crippen LogP contribution in [0.3, 0.4) is 0 Å². The van der Waals surface area contributed by atoms with E-state index in [9.17, 15) is 0 Å². The van der Waals surface area contributed by atoms with Gasteiger partial charge in [-0.25, -0.2) is 0 Å². The summed E-state index contributed by atoms with van der Waals surface area (Å²) >= 11 is 0. The maximum absolute atomic E-state index is 5.66. The standard InChI is InChI=1S/C16H21N3O/c1-20-16-6-2-4-14(11-16)10-15(19-17)8-7-13-5-3-9-18-12-13/h2-6,9,11-12,15,19H,7-8,10,17H2,1H3. The van der Waals surface area contributed by atoms with Gasteiger partial charge < -0.3 is 4.74 Å². The number of nitrogens with zero attached hydrogens (tertiary/aromatic N) is 1. The molecule has 20 heavy (non-hydrogen) atoms. The Morgan fingerprint density at radius 3 is 2.80 bits per heavy atom. The lowest BCUT2D eigenvalue weighted by Crippen LogP contribution is -2.37. The van der Waals surface area contributed by atoms with E-state index in [1.165, 1.54) is 11.1 Å². The first-order valence-corrected chi connectivity index (χ1v) is 6.80. The van der Waals surface area contributed by atoms with Gasteiger partial charge >= 0.3 is 0 Å². The summed E-state index contributed by atoms with van der Waals surface area (Å²) in [5, 5.41) is 0. The predicted octanol–water partition coefficient (Wildman–Crippen LogP) is 2.10. The largest absolute Gasteiger partial charge is 0.497 e. The first-order valence-electron chi connectivity index (χ1n) is 6.80. The molecule has 106 valence electrons. The van der Waals surface area contributed by atoms with Crippen LogP contribution in [-0.2, 0) is 12.8 Å². The molecule has 1 aromatic heterocycles. The quantitative estimate of drug-likeness (QED) is 0.598. The fourth-order valence-electron chi connectivity index (χ4n) is 2.22. The molecule has 0 saturated carbocycles. The van der Waals surface area contributed by atoms with Crippen molar-refractivity contribution in [3.8, 4) is 5.75 Å². The molecule has 0 spiro atoms. The number of nitrogens with two attached hydrogens (primary N) is 1. The van der Waals surface area contributed by atoms with Crippen LogP contribution in [0.5, 0.6) is 5.75 Å². The van der Waals surface area contributed by atoms with Gasteiger partial charge in [0, 0.05) is 18.4 Å². The number of hydrogen-bond donors (Lipinski definition) is 2. The summed E-state index contributed by atoms with van der Waals surface area (Å²) in [5.41, 5.74) is 5.35. The van der Waals surface area contributed by atoms with Crippen LogP contribution in [0.2, 0.25) is 0 Å². The molecule has 1 aromatic carbocycles. The summed E-state index contributed by atoms with van der Waals surface area (Å²) in [6, 6.07) is 12.4. The molecule has 0 aliphatic carbocycles. The maximum Gasteiger partial charge on any atom is 0.119 e. The number of benzene rings is 1. The van der Waals surface area contributed by atoms with E-state index in [-0.39, 0.29) is 6.04 Å². The number of ether oxygens (including phenoxy) is 1. The van der Waals surface area contributed by atoms with Crippen molar-refractivity contribution in [2.45, 2.75) is 25.3 Å². The molecular weight excluding hydrogens is 250 g/mol. The van der Waals surface area contributed by atoms with Crippen molar-refractivity contribution in [3.05, 3.63) is 59.9 Å². The summed E-state index contributed by atoms with van der Waals surface area (Å²) in [6.45, 7) is 0. The number of aryl methyl sites for hydroxylation is 1. The van der Waals surface area contributed by atoms with Gasteiger partial charge in [-0.3, -0.25) is 16.3 Å². The second-order valence-corrected chi connectivity index (χ2v) is 4.82. The molecule has 1 unspecified atom stereocenters. The highest BCUT2D eigenvalue weighted by Crippen LogP contribution is 2.15. The molecule has 0 saturated heterocycles. The minimum atomic E-state index is 0.238. The van der Waals surface area contributed by atoms with Gasteiger partial charge in [0.2, 0.25) is 0 Å². The van der Waals surface area contributed by atoms with Crippen LogP contribution < -0.4 is 16.0 Å². The average molecular weight is 271 g/mol. The second-order valence-electron chi connectivity index (χ2n) is 4.82. The molecular formula is C16H21N3O. The van der Waals surface area contributed by atoms with Gasteiger partial charge in [0.05, 0.1) is 7.11 Å². The average Bonchev–Trinajstić information content (AvgIpc) is 2.52. The van der Waals surface area contributed by atoms with E-state index in [0.29, 0.717) is 0 Å². The van der Waals surface area contributed by atoms with Gasteiger partial charge in [0.25, 0.3) is 0 Å². The summed E-state index contributed by atoms with van der Waals surface area (Å²) in [6.07, 6.45) is 6.51. The Hall–Kier alpha value is -1.91. The minimum Gasteiger partial charge on any atom is -0.497 e. The van der Waals surface area contributed by atoms with Crippen LogP contribution in [0.15, 0.2) is 48.8 Å². The summed E-state index contributed by atoms with van der Waals surface area (Å²) in [4.78, 5) is 4.13. The van der Waals surface area contributed by atoms with Gasteiger partial charge in [-0.1, -0.05) is 18.2 Å². The molecule has 0 aliphatic heterocycles. The van der Waals surface area contributed by atoms with Crippen LogP contribution in [0.25, 0.3) is 0 Å². The van der Waals surface area contributed by atoms with Crippen LogP contribution in [0.1, 0.15) is 17.5 Å². The number of nitrogens with one attached hydrogen (secondary N) is 1. The molecule has 3 N–H and O–H groups in total. The monoisotopic (exact) mass is 271 g/mol. The lowest BCUT2D eigenvalue weighted by molar-refractivity contribution is 0.413. The normalized spacial score (nSPS) is 12.1. The Morgan fingerprint density at radius 2 is 2.10 bits per heavy atom. The van der Waals surface area contributed by atoms with Crippen molar-refractivity contribution in [1.29, 1.82) is 0 Å². The summed E-state index contributed by atoms with van der Waals surface area (Å²) < 4.78 is 5.24. The van der Waals surface area contributed by atoms with E-state index in [1.807, 2.05) is 24.4 Å². The molecule has 1 heterocycles. The molecule has 4 heteroatoms. The zero-order chi connectivity index (χ0) is 14.2. The number of hydrazine groups is 1. The topological polar surface area (TPSA) is 60.2 Å². The Kier molecular flexibility index (Phi) is 5.53.